The molecule has 1 fully saturated rings. The smallest absolute Gasteiger partial charge is 0.318 e. The third-order valence-corrected chi connectivity index (χ3v) is 4.93. The number of piperidine rings is 1. The van der Waals surface area contributed by atoms with Crippen LogP contribution < -0.4 is 5.32 Å². The number of carbonyl (C=O) groups is 1. The first kappa shape index (κ1) is 16.6. The van der Waals surface area contributed by atoms with Crippen LogP contribution in [0.3, 0.4) is 0 Å². The Kier molecular flexibility index (Phi) is 4.56. The number of aryl methyl sites for hydroxylation is 1. The maximum absolute atomic E-state index is 12.8. The van der Waals surface area contributed by atoms with E-state index < -0.39 is 0 Å². The van der Waals surface area contributed by atoms with Gasteiger partial charge in [0.05, 0.1) is 18.3 Å². The van der Waals surface area contributed by atoms with Gasteiger partial charge in [0.1, 0.15) is 5.82 Å². The first-order valence-corrected chi connectivity index (χ1v) is 9.11. The highest BCUT2D eigenvalue weighted by Crippen LogP contribution is 2.32. The number of H-pyrrole nitrogens is 1. The number of aromatic nitrogens is 3. The summed E-state index contributed by atoms with van der Waals surface area (Å²) < 4.78 is 0. The number of urea groups is 1. The molecule has 0 aliphatic carbocycles. The van der Waals surface area contributed by atoms with Crippen molar-refractivity contribution in [3.63, 3.8) is 0 Å². The lowest BCUT2D eigenvalue weighted by Crippen LogP contribution is -2.44. The lowest BCUT2D eigenvalue weighted by Gasteiger charge is -2.35. The summed E-state index contributed by atoms with van der Waals surface area (Å²) in [6, 6.07) is 12.3. The van der Waals surface area contributed by atoms with E-state index in [1.54, 1.807) is 6.20 Å². The molecular formula is C20H23N5O. The molecule has 2 aromatic heterocycles. The first-order valence-electron chi connectivity index (χ1n) is 9.11. The summed E-state index contributed by atoms with van der Waals surface area (Å²) in [6.45, 7) is 3.04. The molecule has 6 nitrogen and oxygen atoms in total. The summed E-state index contributed by atoms with van der Waals surface area (Å²) in [5.41, 5.74) is 3.05. The molecule has 4 rings (SSSR count). The number of amides is 2. The van der Waals surface area contributed by atoms with Crippen LogP contribution in [0.1, 0.15) is 42.5 Å². The van der Waals surface area contributed by atoms with Crippen LogP contribution in [-0.2, 0) is 6.54 Å². The van der Waals surface area contributed by atoms with E-state index in [0.717, 1.165) is 42.7 Å². The van der Waals surface area contributed by atoms with Crippen molar-refractivity contribution in [2.45, 2.75) is 38.8 Å². The summed E-state index contributed by atoms with van der Waals surface area (Å²) in [6.07, 6.45) is 4.87. The SMILES string of the molecule is Cc1nccc(CNC(=O)N2CCCC[C@H]2c2cc3ccccc3[nH]2)n1. The highest BCUT2D eigenvalue weighted by Gasteiger charge is 2.29. The molecule has 6 heteroatoms. The van der Waals surface area contributed by atoms with E-state index >= 15 is 0 Å². The van der Waals surface area contributed by atoms with Crippen LogP contribution >= 0.6 is 0 Å². The number of likely N-dealkylation sites (tertiary alicyclic amines) is 1. The van der Waals surface area contributed by atoms with E-state index in [1.807, 2.05) is 30.0 Å². The highest BCUT2D eigenvalue weighted by molar-refractivity contribution is 5.81. The van der Waals surface area contributed by atoms with Gasteiger partial charge in [-0.2, -0.15) is 0 Å². The fourth-order valence-electron chi connectivity index (χ4n) is 3.64. The molecule has 1 aromatic carbocycles. The van der Waals surface area contributed by atoms with Crippen molar-refractivity contribution in [3.05, 3.63) is 59.8 Å². The van der Waals surface area contributed by atoms with E-state index in [1.165, 1.54) is 5.39 Å². The molecule has 26 heavy (non-hydrogen) atoms. The average molecular weight is 349 g/mol. The second-order valence-corrected chi connectivity index (χ2v) is 6.77. The number of aromatic amines is 1. The molecule has 1 atom stereocenters. The molecule has 1 aliphatic rings. The van der Waals surface area contributed by atoms with Gasteiger partial charge in [0, 0.05) is 24.0 Å². The first-order chi connectivity index (χ1) is 12.7. The topological polar surface area (TPSA) is 73.9 Å². The molecule has 1 aliphatic heterocycles. The van der Waals surface area contributed by atoms with Crippen LogP contribution in [0.25, 0.3) is 10.9 Å². The molecule has 2 amide bonds. The van der Waals surface area contributed by atoms with Gasteiger partial charge in [-0.05, 0) is 49.8 Å². The minimum absolute atomic E-state index is 0.0374. The van der Waals surface area contributed by atoms with Gasteiger partial charge >= 0.3 is 6.03 Å². The number of hydrogen-bond donors (Lipinski definition) is 2. The zero-order valence-corrected chi connectivity index (χ0v) is 14.9. The van der Waals surface area contributed by atoms with Crippen molar-refractivity contribution in [1.29, 1.82) is 0 Å². The van der Waals surface area contributed by atoms with E-state index in [2.05, 4.69) is 38.5 Å². The van der Waals surface area contributed by atoms with Crippen molar-refractivity contribution < 1.29 is 4.79 Å². The average Bonchev–Trinajstić information content (AvgIpc) is 3.10. The minimum Gasteiger partial charge on any atom is -0.357 e. The Morgan fingerprint density at radius 1 is 1.31 bits per heavy atom. The van der Waals surface area contributed by atoms with E-state index in [9.17, 15) is 4.79 Å². The third kappa shape index (κ3) is 3.40. The highest BCUT2D eigenvalue weighted by atomic mass is 16.2. The van der Waals surface area contributed by atoms with Crippen molar-refractivity contribution in [2.24, 2.45) is 0 Å². The number of rotatable bonds is 3. The molecule has 1 saturated heterocycles. The standard InChI is InChI=1S/C20H23N5O/c1-14-21-10-9-16(23-14)13-22-20(26)25-11-5-4-8-19(25)18-12-15-6-2-3-7-17(15)24-18/h2-3,6-7,9-10,12,19,24H,4-5,8,11,13H2,1H3,(H,22,26)/t19-/m0/s1. The second-order valence-electron chi connectivity index (χ2n) is 6.77. The number of nitrogens with one attached hydrogen (secondary N) is 2. The molecule has 2 N–H and O–H groups in total. The van der Waals surface area contributed by atoms with Crippen LogP contribution in [0.5, 0.6) is 0 Å². The molecule has 0 unspecified atom stereocenters. The molecule has 0 radical (unpaired) electrons. The Balaban J connectivity index is 1.50. The quantitative estimate of drug-likeness (QED) is 0.757. The number of para-hydroxylation sites is 1. The van der Waals surface area contributed by atoms with Crippen LogP contribution in [0.2, 0.25) is 0 Å². The fourth-order valence-corrected chi connectivity index (χ4v) is 3.64. The summed E-state index contributed by atoms with van der Waals surface area (Å²) in [5, 5.41) is 4.20. The molecule has 3 aromatic rings. The van der Waals surface area contributed by atoms with Gasteiger partial charge in [0.2, 0.25) is 0 Å². The minimum atomic E-state index is -0.0374. The van der Waals surface area contributed by atoms with Crippen LogP contribution in [-0.4, -0.2) is 32.4 Å². The number of benzene rings is 1. The number of hydrogen-bond acceptors (Lipinski definition) is 3. The Bertz CT molecular complexity index is 886. The third-order valence-electron chi connectivity index (χ3n) is 4.93. The molecular weight excluding hydrogens is 326 g/mol. The Labute approximate surface area is 152 Å². The van der Waals surface area contributed by atoms with Gasteiger partial charge in [-0.25, -0.2) is 14.8 Å². The van der Waals surface area contributed by atoms with Crippen molar-refractivity contribution in [3.8, 4) is 0 Å². The van der Waals surface area contributed by atoms with E-state index in [0.29, 0.717) is 12.4 Å². The fraction of sp³-hybridized carbons (Fsp3) is 0.350. The predicted octanol–water partition coefficient (Wildman–Crippen LogP) is 3.70. The summed E-state index contributed by atoms with van der Waals surface area (Å²) in [4.78, 5) is 26.7. The van der Waals surface area contributed by atoms with Gasteiger partial charge in [-0.15, -0.1) is 0 Å². The largest absolute Gasteiger partial charge is 0.357 e. The predicted molar refractivity (Wildman–Crippen MR) is 101 cm³/mol. The van der Waals surface area contributed by atoms with Gasteiger partial charge in [-0.1, -0.05) is 18.2 Å². The van der Waals surface area contributed by atoms with Crippen LogP contribution in [0.4, 0.5) is 4.79 Å². The summed E-state index contributed by atoms with van der Waals surface area (Å²) >= 11 is 0. The number of fused-ring (bicyclic) bond motifs is 1. The van der Waals surface area contributed by atoms with Crippen LogP contribution in [0.15, 0.2) is 42.6 Å². The van der Waals surface area contributed by atoms with E-state index in [-0.39, 0.29) is 12.1 Å². The second kappa shape index (κ2) is 7.15. The number of nitrogens with zero attached hydrogens (tertiary/aromatic N) is 3. The zero-order chi connectivity index (χ0) is 17.9. The summed E-state index contributed by atoms with van der Waals surface area (Å²) in [5.74, 6) is 0.714. The maximum Gasteiger partial charge on any atom is 0.318 e. The van der Waals surface area contributed by atoms with Gasteiger partial charge in [-0.3, -0.25) is 0 Å². The van der Waals surface area contributed by atoms with E-state index in [4.69, 9.17) is 0 Å². The van der Waals surface area contributed by atoms with Crippen molar-refractivity contribution in [1.82, 2.24) is 25.2 Å². The zero-order valence-electron chi connectivity index (χ0n) is 14.9. The van der Waals surface area contributed by atoms with Gasteiger partial charge in [0.15, 0.2) is 0 Å². The Hall–Kier alpha value is -2.89. The maximum atomic E-state index is 12.8. The lowest BCUT2D eigenvalue weighted by molar-refractivity contribution is 0.149. The Morgan fingerprint density at radius 3 is 3.04 bits per heavy atom. The normalized spacial score (nSPS) is 17.4. The summed E-state index contributed by atoms with van der Waals surface area (Å²) in [7, 11) is 0. The van der Waals surface area contributed by atoms with Gasteiger partial charge in [0.25, 0.3) is 0 Å². The molecule has 3 heterocycles. The molecule has 0 spiro atoms. The monoisotopic (exact) mass is 349 g/mol. The molecule has 134 valence electrons. The molecule has 0 saturated carbocycles. The lowest BCUT2D eigenvalue weighted by atomic mass is 10.00. The van der Waals surface area contributed by atoms with Gasteiger partial charge < -0.3 is 15.2 Å². The van der Waals surface area contributed by atoms with Crippen molar-refractivity contribution in [2.75, 3.05) is 6.54 Å². The molecule has 0 bridgehead atoms. The van der Waals surface area contributed by atoms with Crippen molar-refractivity contribution >= 4 is 16.9 Å². The number of carbonyl (C=O) groups excluding carboxylic acids is 1. The Morgan fingerprint density at radius 2 is 2.19 bits per heavy atom. The van der Waals surface area contributed by atoms with Crippen LogP contribution in [0, 0.1) is 6.92 Å².